The van der Waals surface area contributed by atoms with E-state index >= 15 is 0 Å². The molecule has 1 saturated heterocycles. The number of fused-ring (bicyclic) bond motifs is 3. The number of amides is 2. The molecule has 1 unspecified atom stereocenters. The molecule has 37 heavy (non-hydrogen) atoms. The van der Waals surface area contributed by atoms with E-state index in [1.165, 1.54) is 34.4 Å². The van der Waals surface area contributed by atoms with Crippen LogP contribution in [0.4, 0.5) is 4.39 Å². The molecule has 4 heterocycles. The summed E-state index contributed by atoms with van der Waals surface area (Å²) in [5, 5.41) is 10.9. The number of carbonyl (C=O) groups excluding carboxylic acids is 2. The number of carbonyl (C=O) groups is 2. The zero-order chi connectivity index (χ0) is 26.3. The van der Waals surface area contributed by atoms with E-state index in [4.69, 9.17) is 11.6 Å². The summed E-state index contributed by atoms with van der Waals surface area (Å²) in [6, 6.07) is 3.96. The molecule has 1 fully saturated rings. The molecule has 1 aromatic carbocycles. The number of halogens is 2. The predicted octanol–water partition coefficient (Wildman–Crippen LogP) is 3.44. The van der Waals surface area contributed by atoms with Gasteiger partial charge in [0.25, 0.3) is 17.4 Å². The van der Waals surface area contributed by atoms with E-state index in [0.29, 0.717) is 43.6 Å². The first-order valence-electron chi connectivity index (χ1n) is 13.0. The Morgan fingerprint density at radius 1 is 1.00 bits per heavy atom. The Kier molecular flexibility index (Phi) is 7.27. The van der Waals surface area contributed by atoms with Crippen LogP contribution in [0.1, 0.15) is 70.6 Å². The van der Waals surface area contributed by atoms with Crippen molar-refractivity contribution in [3.63, 3.8) is 0 Å². The molecule has 0 saturated carbocycles. The number of benzene rings is 1. The average molecular weight is 531 g/mol. The summed E-state index contributed by atoms with van der Waals surface area (Å²) in [5.41, 5.74) is 0.473. The van der Waals surface area contributed by atoms with Crippen molar-refractivity contribution in [2.24, 2.45) is 0 Å². The van der Waals surface area contributed by atoms with E-state index in [9.17, 15) is 23.9 Å². The SMILES string of the molecule is CC1CCCN(CCN2CCCC2)C(=O)c2c3c(c(O)c(=O)n21)C(=O)N(Cc1ccc(F)c(Cl)c1)CC3. The molecule has 3 aliphatic heterocycles. The minimum absolute atomic E-state index is 0.0431. The number of pyridine rings is 1. The van der Waals surface area contributed by atoms with Gasteiger partial charge in [0.15, 0.2) is 5.75 Å². The summed E-state index contributed by atoms with van der Waals surface area (Å²) < 4.78 is 15.0. The average Bonchev–Trinajstić information content (AvgIpc) is 3.39. The van der Waals surface area contributed by atoms with Crippen molar-refractivity contribution in [1.29, 1.82) is 0 Å². The van der Waals surface area contributed by atoms with Gasteiger partial charge in [-0.1, -0.05) is 17.7 Å². The van der Waals surface area contributed by atoms with Gasteiger partial charge in [0.1, 0.15) is 11.5 Å². The summed E-state index contributed by atoms with van der Waals surface area (Å²) in [5.74, 6) is -1.95. The number of nitrogens with zero attached hydrogens (tertiary/aromatic N) is 4. The van der Waals surface area contributed by atoms with Crippen molar-refractivity contribution in [3.05, 3.63) is 61.8 Å². The molecule has 3 aliphatic rings. The second kappa shape index (κ2) is 10.5. The number of likely N-dealkylation sites (tertiary alicyclic amines) is 1. The molecule has 2 amide bonds. The molecular formula is C27H32ClFN4O4. The first kappa shape index (κ1) is 25.7. The van der Waals surface area contributed by atoms with E-state index in [-0.39, 0.29) is 34.8 Å². The zero-order valence-corrected chi connectivity index (χ0v) is 21.8. The fourth-order valence-electron chi connectivity index (χ4n) is 5.81. The van der Waals surface area contributed by atoms with E-state index in [1.807, 2.05) is 6.92 Å². The minimum atomic E-state index is -0.712. The Labute approximate surface area is 220 Å². The largest absolute Gasteiger partial charge is 0.502 e. The Morgan fingerprint density at radius 2 is 1.76 bits per heavy atom. The lowest BCUT2D eigenvalue weighted by molar-refractivity contribution is 0.0693. The summed E-state index contributed by atoms with van der Waals surface area (Å²) in [6.45, 7) is 6.29. The van der Waals surface area contributed by atoms with Gasteiger partial charge in [-0.15, -0.1) is 0 Å². The fourth-order valence-corrected chi connectivity index (χ4v) is 6.01. The molecule has 0 bridgehead atoms. The van der Waals surface area contributed by atoms with Gasteiger partial charge < -0.3 is 19.8 Å². The van der Waals surface area contributed by atoms with Gasteiger partial charge in [0.2, 0.25) is 0 Å². The van der Waals surface area contributed by atoms with Crippen LogP contribution >= 0.6 is 11.6 Å². The highest BCUT2D eigenvalue weighted by Gasteiger charge is 2.38. The maximum atomic E-state index is 13.9. The fraction of sp³-hybridized carbons (Fsp3) is 0.519. The van der Waals surface area contributed by atoms with Crippen molar-refractivity contribution < 1.29 is 19.1 Å². The summed E-state index contributed by atoms with van der Waals surface area (Å²) >= 11 is 5.91. The first-order chi connectivity index (χ1) is 17.8. The van der Waals surface area contributed by atoms with E-state index < -0.39 is 23.0 Å². The Bertz CT molecular complexity index is 1290. The molecule has 0 spiro atoms. The standard InChI is InChI=1S/C27H32ClFN4O4/c1-17-5-4-11-31(14-13-30-9-2-3-10-30)26(36)23-19-8-12-32(16-18-6-7-21(29)20(28)15-18)25(35)22(19)24(34)27(37)33(17)23/h6-7,15,17,34H,2-5,8-14,16H2,1H3. The third-order valence-corrected chi connectivity index (χ3v) is 8.13. The number of hydrogen-bond acceptors (Lipinski definition) is 5. The monoisotopic (exact) mass is 530 g/mol. The highest BCUT2D eigenvalue weighted by Crippen LogP contribution is 2.32. The quantitative estimate of drug-likeness (QED) is 0.640. The lowest BCUT2D eigenvalue weighted by Crippen LogP contribution is -2.46. The van der Waals surface area contributed by atoms with E-state index in [0.717, 1.165) is 26.1 Å². The van der Waals surface area contributed by atoms with Crippen LogP contribution in [0.2, 0.25) is 5.02 Å². The molecule has 1 atom stereocenters. The third kappa shape index (κ3) is 4.86. The molecule has 2 aromatic rings. The van der Waals surface area contributed by atoms with Gasteiger partial charge in [-0.25, -0.2) is 4.39 Å². The van der Waals surface area contributed by atoms with Gasteiger partial charge in [0.05, 0.1) is 10.6 Å². The van der Waals surface area contributed by atoms with Crippen molar-refractivity contribution in [2.75, 3.05) is 39.3 Å². The molecule has 0 aliphatic carbocycles. The van der Waals surface area contributed by atoms with Gasteiger partial charge in [-0.05, 0) is 69.8 Å². The molecule has 1 N–H and O–H groups in total. The lowest BCUT2D eigenvalue weighted by Gasteiger charge is -2.35. The van der Waals surface area contributed by atoms with Crippen LogP contribution in [-0.2, 0) is 13.0 Å². The molecular weight excluding hydrogens is 499 g/mol. The van der Waals surface area contributed by atoms with Gasteiger partial charge in [-0.3, -0.25) is 19.0 Å². The topological polar surface area (TPSA) is 86.1 Å². The summed E-state index contributed by atoms with van der Waals surface area (Å²) in [7, 11) is 0. The van der Waals surface area contributed by atoms with Gasteiger partial charge >= 0.3 is 0 Å². The number of rotatable bonds is 5. The molecule has 198 valence electrons. The molecule has 10 heteroatoms. The van der Waals surface area contributed by atoms with Crippen LogP contribution in [0.3, 0.4) is 0 Å². The first-order valence-corrected chi connectivity index (χ1v) is 13.4. The Balaban J connectivity index is 1.51. The molecule has 5 rings (SSSR count). The van der Waals surface area contributed by atoms with Gasteiger partial charge in [0, 0.05) is 44.3 Å². The maximum absolute atomic E-state index is 13.9. The summed E-state index contributed by atoms with van der Waals surface area (Å²) in [6.07, 6.45) is 4.09. The second-order valence-electron chi connectivity index (χ2n) is 10.3. The molecule has 8 nitrogen and oxygen atoms in total. The van der Waals surface area contributed by atoms with Crippen molar-refractivity contribution in [1.82, 2.24) is 19.3 Å². The lowest BCUT2D eigenvalue weighted by atomic mass is 9.93. The Hall–Kier alpha value is -2.91. The summed E-state index contributed by atoms with van der Waals surface area (Å²) in [4.78, 5) is 46.5. The van der Waals surface area contributed by atoms with Crippen LogP contribution in [-0.4, -0.2) is 75.5 Å². The van der Waals surface area contributed by atoms with Crippen molar-refractivity contribution in [2.45, 2.75) is 51.6 Å². The van der Waals surface area contributed by atoms with Crippen molar-refractivity contribution in [3.8, 4) is 5.75 Å². The molecule has 1 aromatic heterocycles. The van der Waals surface area contributed by atoms with Crippen LogP contribution in [0.15, 0.2) is 23.0 Å². The Morgan fingerprint density at radius 3 is 2.49 bits per heavy atom. The third-order valence-electron chi connectivity index (χ3n) is 7.84. The van der Waals surface area contributed by atoms with Gasteiger partial charge in [-0.2, -0.15) is 0 Å². The minimum Gasteiger partial charge on any atom is -0.502 e. The molecule has 0 radical (unpaired) electrons. The van der Waals surface area contributed by atoms with Crippen LogP contribution < -0.4 is 5.56 Å². The van der Waals surface area contributed by atoms with Crippen LogP contribution in [0.25, 0.3) is 0 Å². The zero-order valence-electron chi connectivity index (χ0n) is 21.0. The predicted molar refractivity (Wildman–Crippen MR) is 138 cm³/mol. The second-order valence-corrected chi connectivity index (χ2v) is 10.7. The normalized spacial score (nSPS) is 20.6. The van der Waals surface area contributed by atoms with Crippen molar-refractivity contribution >= 4 is 23.4 Å². The number of aromatic hydroxyl groups is 1. The number of aromatic nitrogens is 1. The number of hydrogen-bond donors (Lipinski definition) is 1. The smallest absolute Gasteiger partial charge is 0.294 e. The highest BCUT2D eigenvalue weighted by molar-refractivity contribution is 6.30. The highest BCUT2D eigenvalue weighted by atomic mass is 35.5. The van der Waals surface area contributed by atoms with E-state index in [1.54, 1.807) is 11.0 Å². The van der Waals surface area contributed by atoms with Crippen LogP contribution in [0, 0.1) is 5.82 Å². The van der Waals surface area contributed by atoms with Crippen LogP contribution in [0.5, 0.6) is 5.75 Å². The maximum Gasteiger partial charge on any atom is 0.294 e. The van der Waals surface area contributed by atoms with E-state index in [2.05, 4.69) is 4.90 Å².